The van der Waals surface area contributed by atoms with Crippen molar-refractivity contribution in [1.82, 2.24) is 20.2 Å². The highest BCUT2D eigenvalue weighted by molar-refractivity contribution is 7.99. The fourth-order valence-electron chi connectivity index (χ4n) is 1.99. The van der Waals surface area contributed by atoms with Gasteiger partial charge in [0.2, 0.25) is 5.16 Å². The maximum Gasteiger partial charge on any atom is 0.339 e. The molecule has 0 radical (unpaired) electrons. The number of tetrazole rings is 1. The van der Waals surface area contributed by atoms with Gasteiger partial charge in [-0.2, -0.15) is 4.68 Å². The summed E-state index contributed by atoms with van der Waals surface area (Å²) in [5, 5.41) is 13.4. The summed E-state index contributed by atoms with van der Waals surface area (Å²) in [6, 6.07) is 13.6. The topological polar surface area (TPSA) is 69.9 Å². The average molecular weight is 419 g/mol. The molecule has 3 rings (SSSR count). The second-order valence-electron chi connectivity index (χ2n) is 5.07. The second-order valence-corrected chi connectivity index (χ2v) is 6.89. The van der Waals surface area contributed by atoms with E-state index in [0.717, 1.165) is 5.69 Å². The van der Waals surface area contributed by atoms with Gasteiger partial charge in [0.05, 0.1) is 17.0 Å². The van der Waals surface area contributed by atoms with E-state index in [9.17, 15) is 4.79 Å². The number of esters is 1. The number of nitrogens with zero attached hydrogens (tertiary/aromatic N) is 4. The van der Waals surface area contributed by atoms with Gasteiger partial charge in [-0.1, -0.05) is 46.8 Å². The first-order chi connectivity index (χ1) is 13.1. The van der Waals surface area contributed by atoms with Gasteiger partial charge in [-0.15, -0.1) is 5.10 Å². The van der Waals surface area contributed by atoms with Crippen LogP contribution in [0.1, 0.15) is 10.4 Å². The molecule has 0 saturated carbocycles. The van der Waals surface area contributed by atoms with Crippen molar-refractivity contribution in [2.24, 2.45) is 0 Å². The lowest BCUT2D eigenvalue weighted by Gasteiger charge is -2.02. The van der Waals surface area contributed by atoms with Crippen molar-refractivity contribution in [1.29, 1.82) is 0 Å². The van der Waals surface area contributed by atoms with Crippen LogP contribution in [-0.2, 0) is 4.74 Å². The normalized spacial score (nSPS) is 10.1. The summed E-state index contributed by atoms with van der Waals surface area (Å²) in [6.45, 7) is 0.00411. The van der Waals surface area contributed by atoms with E-state index in [-0.39, 0.29) is 6.61 Å². The van der Waals surface area contributed by atoms with Gasteiger partial charge in [-0.05, 0) is 59.0 Å². The van der Waals surface area contributed by atoms with E-state index in [1.54, 1.807) is 41.1 Å². The Labute approximate surface area is 169 Å². The zero-order valence-electron chi connectivity index (χ0n) is 13.8. The fourth-order valence-corrected chi connectivity index (χ4v) is 2.90. The van der Waals surface area contributed by atoms with E-state index >= 15 is 0 Å². The summed E-state index contributed by atoms with van der Waals surface area (Å²) in [5.41, 5.74) is 1.23. The zero-order valence-corrected chi connectivity index (χ0v) is 16.1. The monoisotopic (exact) mass is 418 g/mol. The van der Waals surface area contributed by atoms with Crippen LogP contribution in [0.3, 0.4) is 0 Å². The molecular weight excluding hydrogens is 407 g/mol. The smallest absolute Gasteiger partial charge is 0.339 e. The van der Waals surface area contributed by atoms with Crippen LogP contribution in [0, 0.1) is 11.8 Å². The fraction of sp³-hybridized carbons (Fsp3) is 0.111. The molecule has 0 aliphatic heterocycles. The Hall–Kier alpha value is -2.53. The number of ether oxygens (including phenoxy) is 1. The molecule has 0 atom stereocenters. The third-order valence-corrected chi connectivity index (χ3v) is 4.57. The Morgan fingerprint density at radius 2 is 1.70 bits per heavy atom. The molecule has 1 aromatic heterocycles. The summed E-state index contributed by atoms with van der Waals surface area (Å²) in [7, 11) is 0. The molecule has 9 heteroatoms. The van der Waals surface area contributed by atoms with Gasteiger partial charge < -0.3 is 4.74 Å². The van der Waals surface area contributed by atoms with Crippen molar-refractivity contribution < 1.29 is 9.53 Å². The van der Waals surface area contributed by atoms with Gasteiger partial charge in [0.15, 0.2) is 6.61 Å². The van der Waals surface area contributed by atoms with E-state index in [1.807, 2.05) is 12.1 Å². The van der Waals surface area contributed by atoms with Crippen molar-refractivity contribution in [2.45, 2.75) is 5.16 Å². The van der Waals surface area contributed by atoms with Crippen LogP contribution in [-0.4, -0.2) is 38.5 Å². The highest BCUT2D eigenvalue weighted by Crippen LogP contribution is 2.19. The average Bonchev–Trinajstić information content (AvgIpc) is 3.14. The number of rotatable bonds is 5. The molecule has 0 saturated heterocycles. The van der Waals surface area contributed by atoms with Crippen molar-refractivity contribution >= 4 is 40.9 Å². The molecule has 0 spiro atoms. The lowest BCUT2D eigenvalue weighted by Crippen LogP contribution is -2.05. The number of carbonyl (C=O) groups is 1. The van der Waals surface area contributed by atoms with Crippen LogP contribution in [0.4, 0.5) is 0 Å². The Morgan fingerprint density at radius 3 is 2.41 bits per heavy atom. The third kappa shape index (κ3) is 5.47. The lowest BCUT2D eigenvalue weighted by molar-refractivity contribution is 0.0556. The minimum absolute atomic E-state index is 0.00411. The number of hydrogen-bond donors (Lipinski definition) is 0. The minimum atomic E-state index is -0.444. The molecule has 0 aliphatic rings. The van der Waals surface area contributed by atoms with Gasteiger partial charge in [0.1, 0.15) is 0 Å². The van der Waals surface area contributed by atoms with E-state index < -0.39 is 5.97 Å². The number of aromatic nitrogens is 4. The van der Waals surface area contributed by atoms with Crippen LogP contribution in [0.15, 0.2) is 53.7 Å². The molecular formula is C18H12Cl2N4O2S. The highest BCUT2D eigenvalue weighted by Gasteiger charge is 2.08. The van der Waals surface area contributed by atoms with Crippen LogP contribution in [0.25, 0.3) is 5.69 Å². The molecule has 0 N–H and O–H groups in total. The largest absolute Gasteiger partial charge is 0.449 e. The Morgan fingerprint density at radius 1 is 1.04 bits per heavy atom. The van der Waals surface area contributed by atoms with Crippen molar-refractivity contribution in [2.75, 3.05) is 12.4 Å². The number of benzene rings is 2. The molecule has 6 nitrogen and oxygen atoms in total. The van der Waals surface area contributed by atoms with Crippen molar-refractivity contribution in [3.05, 3.63) is 64.1 Å². The number of carbonyl (C=O) groups excluding carboxylic acids is 1. The first-order valence-electron chi connectivity index (χ1n) is 7.69. The maximum atomic E-state index is 11.8. The lowest BCUT2D eigenvalue weighted by atomic mass is 10.2. The second kappa shape index (κ2) is 9.42. The molecule has 0 aliphatic carbocycles. The Kier molecular flexibility index (Phi) is 6.71. The van der Waals surface area contributed by atoms with Gasteiger partial charge in [0.25, 0.3) is 0 Å². The molecule has 2 aromatic carbocycles. The molecule has 0 bridgehead atoms. The van der Waals surface area contributed by atoms with E-state index in [2.05, 4.69) is 27.4 Å². The quantitative estimate of drug-likeness (QED) is 0.355. The van der Waals surface area contributed by atoms with Crippen molar-refractivity contribution in [3.63, 3.8) is 0 Å². The van der Waals surface area contributed by atoms with Crippen LogP contribution in [0.2, 0.25) is 10.0 Å². The minimum Gasteiger partial charge on any atom is -0.449 e. The molecule has 1 heterocycles. The predicted octanol–water partition coefficient (Wildman–Crippen LogP) is 3.92. The number of hydrogen-bond acceptors (Lipinski definition) is 6. The van der Waals surface area contributed by atoms with E-state index in [4.69, 9.17) is 27.9 Å². The number of halogens is 2. The summed E-state index contributed by atoms with van der Waals surface area (Å²) >= 11 is 13.0. The van der Waals surface area contributed by atoms with Crippen molar-refractivity contribution in [3.8, 4) is 17.5 Å². The van der Waals surface area contributed by atoms with Crippen LogP contribution < -0.4 is 0 Å². The summed E-state index contributed by atoms with van der Waals surface area (Å²) in [6.07, 6.45) is 0. The Bertz CT molecular complexity index is 979. The molecule has 0 amide bonds. The van der Waals surface area contributed by atoms with Gasteiger partial charge >= 0.3 is 5.97 Å². The number of thioether (sulfide) groups is 1. The van der Waals surface area contributed by atoms with Gasteiger partial charge in [-0.3, -0.25) is 0 Å². The zero-order chi connectivity index (χ0) is 19.1. The van der Waals surface area contributed by atoms with Gasteiger partial charge in [0, 0.05) is 10.0 Å². The molecule has 27 heavy (non-hydrogen) atoms. The predicted molar refractivity (Wildman–Crippen MR) is 104 cm³/mol. The SMILES string of the molecule is O=C(OCC#CCSc1nnnn1-c1ccc(Cl)cc1)c1ccc(Cl)cc1. The summed E-state index contributed by atoms with van der Waals surface area (Å²) in [5.74, 6) is 5.71. The maximum absolute atomic E-state index is 11.8. The van der Waals surface area contributed by atoms with E-state index in [1.165, 1.54) is 11.8 Å². The first-order valence-corrected chi connectivity index (χ1v) is 9.43. The first kappa shape index (κ1) is 19.2. The molecule has 0 unspecified atom stereocenters. The summed E-state index contributed by atoms with van der Waals surface area (Å²) in [4.78, 5) is 11.8. The van der Waals surface area contributed by atoms with E-state index in [0.29, 0.717) is 26.5 Å². The van der Waals surface area contributed by atoms with Gasteiger partial charge in [-0.25, -0.2) is 4.79 Å². The summed E-state index contributed by atoms with van der Waals surface area (Å²) < 4.78 is 6.69. The molecule has 3 aromatic rings. The van der Waals surface area contributed by atoms with Crippen LogP contribution >= 0.6 is 35.0 Å². The third-order valence-electron chi connectivity index (χ3n) is 3.27. The standard InChI is InChI=1S/C18H12Cl2N4O2S/c19-14-5-3-13(4-6-14)17(25)26-11-1-2-12-27-18-21-22-23-24(18)16-9-7-15(20)8-10-16/h3-10H,11-12H2. The molecule has 0 fully saturated rings. The van der Waals surface area contributed by atoms with Crippen LogP contribution in [0.5, 0.6) is 0 Å². The Balaban J connectivity index is 1.49. The highest BCUT2D eigenvalue weighted by atomic mass is 35.5. The molecule has 136 valence electrons.